The molecule has 2 fully saturated rings. The fourth-order valence-electron chi connectivity index (χ4n) is 4.24. The van der Waals surface area contributed by atoms with Crippen molar-refractivity contribution in [2.75, 3.05) is 25.1 Å². The molecule has 2 aliphatic heterocycles. The first-order chi connectivity index (χ1) is 14.5. The normalized spacial score (nSPS) is 26.4. The molecule has 0 unspecified atom stereocenters. The molecule has 0 spiro atoms. The number of hydrogen-bond donors (Lipinski definition) is 3. The number of urea groups is 1. The van der Waals surface area contributed by atoms with Gasteiger partial charge in [-0.15, -0.1) is 0 Å². The maximum atomic E-state index is 13.1. The minimum atomic E-state index is -1.04. The number of para-hydroxylation sites is 1. The van der Waals surface area contributed by atoms with Gasteiger partial charge < -0.3 is 15.5 Å². The first-order valence-electron chi connectivity index (χ1n) is 10.4. The van der Waals surface area contributed by atoms with Gasteiger partial charge in [-0.3, -0.25) is 9.59 Å². The van der Waals surface area contributed by atoms with Crippen LogP contribution in [0.2, 0.25) is 0 Å². The summed E-state index contributed by atoms with van der Waals surface area (Å²) in [6.45, 7) is 3.55. The van der Waals surface area contributed by atoms with Gasteiger partial charge in [0, 0.05) is 24.4 Å². The minimum absolute atomic E-state index is 0.0342. The Morgan fingerprint density at radius 2 is 1.67 bits per heavy atom. The third-order valence-electron chi connectivity index (χ3n) is 6.11. The Morgan fingerprint density at radius 3 is 2.30 bits per heavy atom. The number of benzene rings is 2. The van der Waals surface area contributed by atoms with Gasteiger partial charge >= 0.3 is 6.03 Å². The van der Waals surface area contributed by atoms with E-state index in [0.29, 0.717) is 6.67 Å². The second-order valence-corrected chi connectivity index (χ2v) is 8.19. The fourth-order valence-corrected chi connectivity index (χ4v) is 4.24. The van der Waals surface area contributed by atoms with Gasteiger partial charge in [0.2, 0.25) is 5.91 Å². The van der Waals surface area contributed by atoms with Crippen LogP contribution in [0.15, 0.2) is 60.7 Å². The van der Waals surface area contributed by atoms with Crippen molar-refractivity contribution < 1.29 is 19.3 Å². The van der Waals surface area contributed by atoms with Crippen LogP contribution in [0.25, 0.3) is 0 Å². The molecule has 0 bridgehead atoms. The lowest BCUT2D eigenvalue weighted by Gasteiger charge is -2.30. The maximum Gasteiger partial charge on any atom is 0.329 e. The molecule has 0 radical (unpaired) electrons. The topological polar surface area (TPSA) is 82.9 Å². The Labute approximate surface area is 176 Å². The van der Waals surface area contributed by atoms with Crippen LogP contribution in [-0.4, -0.2) is 42.5 Å². The summed E-state index contributed by atoms with van der Waals surface area (Å²) in [4.78, 5) is 40.6. The number of hydrogen-bond acceptors (Lipinski definition) is 3. The van der Waals surface area contributed by atoms with Crippen LogP contribution in [-0.2, 0) is 15.1 Å². The zero-order valence-corrected chi connectivity index (χ0v) is 17.1. The lowest BCUT2D eigenvalue weighted by atomic mass is 9.92. The molecule has 156 valence electrons. The van der Waals surface area contributed by atoms with Crippen molar-refractivity contribution >= 4 is 23.5 Å². The van der Waals surface area contributed by atoms with Gasteiger partial charge in [0.05, 0.1) is 13.1 Å². The van der Waals surface area contributed by atoms with Crippen molar-refractivity contribution in [1.82, 2.24) is 10.2 Å². The molecule has 0 aliphatic carbocycles. The SMILES string of the molecule is C[C@]1(c2ccccc2)NC(=O)N(C[NH+]2CCC(C(=O)Nc3ccccc3)CC2)C1=O. The van der Waals surface area contributed by atoms with Crippen LogP contribution in [0.5, 0.6) is 0 Å². The summed E-state index contributed by atoms with van der Waals surface area (Å²) in [5.41, 5.74) is 0.542. The second-order valence-electron chi connectivity index (χ2n) is 8.19. The fraction of sp³-hybridized carbons (Fsp3) is 0.348. The van der Waals surface area contributed by atoms with Crippen molar-refractivity contribution in [3.63, 3.8) is 0 Å². The summed E-state index contributed by atoms with van der Waals surface area (Å²) < 4.78 is 0. The molecule has 4 rings (SSSR count). The molecule has 2 aliphatic rings. The number of carbonyl (C=O) groups is 3. The van der Waals surface area contributed by atoms with Crippen molar-refractivity contribution in [3.8, 4) is 0 Å². The molecule has 30 heavy (non-hydrogen) atoms. The van der Waals surface area contributed by atoms with Gasteiger partial charge in [-0.05, 0) is 24.6 Å². The smallest absolute Gasteiger partial charge is 0.326 e. The standard InChI is InChI=1S/C23H26N4O3/c1-23(18-8-4-2-5-9-18)21(29)27(22(30)25-23)16-26-14-12-17(13-15-26)20(28)24-19-10-6-3-7-11-19/h2-11,17H,12-16H2,1H3,(H,24,28)(H,25,30)/p+1/t23-/m1/s1. The summed E-state index contributed by atoms with van der Waals surface area (Å²) in [5.74, 6) is -0.242. The first kappa shape index (κ1) is 20.1. The molecule has 2 saturated heterocycles. The molecule has 0 aromatic heterocycles. The number of nitrogens with one attached hydrogen (secondary N) is 3. The second kappa shape index (κ2) is 8.28. The summed E-state index contributed by atoms with van der Waals surface area (Å²) in [5, 5.41) is 5.82. The summed E-state index contributed by atoms with van der Waals surface area (Å²) in [6, 6.07) is 18.4. The van der Waals surface area contributed by atoms with Gasteiger partial charge in [0.15, 0.2) is 6.67 Å². The van der Waals surface area contributed by atoms with E-state index in [9.17, 15) is 14.4 Å². The van der Waals surface area contributed by atoms with E-state index in [1.807, 2.05) is 60.7 Å². The van der Waals surface area contributed by atoms with E-state index in [1.54, 1.807) is 6.92 Å². The van der Waals surface area contributed by atoms with Crippen molar-refractivity contribution in [3.05, 3.63) is 66.2 Å². The van der Waals surface area contributed by atoms with Gasteiger partial charge in [-0.2, -0.15) is 0 Å². The van der Waals surface area contributed by atoms with E-state index in [1.165, 1.54) is 4.90 Å². The van der Waals surface area contributed by atoms with Crippen LogP contribution in [0, 0.1) is 5.92 Å². The lowest BCUT2D eigenvalue weighted by Crippen LogP contribution is -3.14. The number of likely N-dealkylation sites (tertiary alicyclic amines) is 1. The van der Waals surface area contributed by atoms with E-state index in [2.05, 4.69) is 10.6 Å². The van der Waals surface area contributed by atoms with Gasteiger partial charge in [0.25, 0.3) is 5.91 Å². The van der Waals surface area contributed by atoms with E-state index in [-0.39, 0.29) is 23.8 Å². The molecule has 1 atom stereocenters. The maximum absolute atomic E-state index is 13.1. The van der Waals surface area contributed by atoms with Crippen LogP contribution in [0.1, 0.15) is 25.3 Å². The monoisotopic (exact) mass is 407 g/mol. The molecule has 2 aromatic rings. The third kappa shape index (κ3) is 3.93. The van der Waals surface area contributed by atoms with Crippen LogP contribution in [0.4, 0.5) is 10.5 Å². The van der Waals surface area contributed by atoms with Gasteiger partial charge in [0.1, 0.15) is 5.54 Å². The van der Waals surface area contributed by atoms with E-state index >= 15 is 0 Å². The zero-order chi connectivity index (χ0) is 21.1. The van der Waals surface area contributed by atoms with Crippen molar-refractivity contribution in [2.24, 2.45) is 5.92 Å². The number of imide groups is 1. The molecule has 3 N–H and O–H groups in total. The predicted octanol–water partition coefficient (Wildman–Crippen LogP) is 1.34. The summed E-state index contributed by atoms with van der Waals surface area (Å²) in [6.07, 6.45) is 1.46. The number of rotatable bonds is 5. The van der Waals surface area contributed by atoms with E-state index in [4.69, 9.17) is 0 Å². The largest absolute Gasteiger partial charge is 0.329 e. The summed E-state index contributed by atoms with van der Waals surface area (Å²) >= 11 is 0. The number of quaternary nitrogens is 1. The number of carbonyl (C=O) groups excluding carboxylic acids is 3. The Bertz CT molecular complexity index is 926. The average Bonchev–Trinajstić information content (AvgIpc) is 2.99. The Hall–Kier alpha value is -3.19. The van der Waals surface area contributed by atoms with E-state index in [0.717, 1.165) is 42.1 Å². The highest BCUT2D eigenvalue weighted by Gasteiger charge is 2.50. The number of anilines is 1. The van der Waals surface area contributed by atoms with Gasteiger partial charge in [-0.25, -0.2) is 9.69 Å². The minimum Gasteiger partial charge on any atom is -0.326 e. The van der Waals surface area contributed by atoms with Crippen molar-refractivity contribution in [1.29, 1.82) is 0 Å². The quantitative estimate of drug-likeness (QED) is 0.655. The molecule has 7 nitrogen and oxygen atoms in total. The molecule has 0 saturated carbocycles. The number of piperidine rings is 1. The van der Waals surface area contributed by atoms with Crippen LogP contribution in [0.3, 0.4) is 0 Å². The molecule has 7 heteroatoms. The molecule has 2 heterocycles. The summed E-state index contributed by atoms with van der Waals surface area (Å²) in [7, 11) is 0. The molecular formula is C23H27N4O3+. The van der Waals surface area contributed by atoms with Crippen LogP contribution >= 0.6 is 0 Å². The average molecular weight is 407 g/mol. The van der Waals surface area contributed by atoms with Crippen molar-refractivity contribution in [2.45, 2.75) is 25.3 Å². The first-order valence-corrected chi connectivity index (χ1v) is 10.4. The zero-order valence-electron chi connectivity index (χ0n) is 17.1. The highest BCUT2D eigenvalue weighted by Crippen LogP contribution is 2.28. The lowest BCUT2D eigenvalue weighted by molar-refractivity contribution is -0.912. The van der Waals surface area contributed by atoms with E-state index < -0.39 is 5.54 Å². The Balaban J connectivity index is 1.33. The highest BCUT2D eigenvalue weighted by atomic mass is 16.2. The molecular weight excluding hydrogens is 380 g/mol. The molecule has 4 amide bonds. The number of nitrogens with zero attached hydrogens (tertiary/aromatic N) is 1. The molecule has 2 aromatic carbocycles. The third-order valence-corrected chi connectivity index (χ3v) is 6.11. The van der Waals surface area contributed by atoms with Gasteiger partial charge in [-0.1, -0.05) is 48.5 Å². The predicted molar refractivity (Wildman–Crippen MR) is 113 cm³/mol. The Morgan fingerprint density at radius 1 is 1.07 bits per heavy atom. The highest BCUT2D eigenvalue weighted by molar-refractivity contribution is 6.07. The number of amides is 4. The van der Waals surface area contributed by atoms with Crippen LogP contribution < -0.4 is 15.5 Å². The Kier molecular flexibility index (Phi) is 5.55.